The molecular weight excluding hydrogens is 470 g/mol. The SMILES string of the molecule is COc1ccc(S(=O)(=O)N2CCC(c3nc(C(=O)N(C4CCCCC4)C4CC4)cs3)CC2)cc1. The van der Waals surface area contributed by atoms with Crippen molar-refractivity contribution in [3.8, 4) is 5.75 Å². The average molecular weight is 504 g/mol. The molecule has 1 aromatic heterocycles. The molecule has 0 spiro atoms. The second kappa shape index (κ2) is 9.95. The lowest BCUT2D eigenvalue weighted by Crippen LogP contribution is -2.43. The highest BCUT2D eigenvalue weighted by molar-refractivity contribution is 7.89. The Kier molecular flexibility index (Phi) is 6.95. The Morgan fingerprint density at radius 1 is 1.00 bits per heavy atom. The molecule has 0 radical (unpaired) electrons. The minimum absolute atomic E-state index is 0.0939. The first-order valence-electron chi connectivity index (χ1n) is 12.4. The van der Waals surface area contributed by atoms with Gasteiger partial charge in [-0.2, -0.15) is 4.31 Å². The van der Waals surface area contributed by atoms with E-state index < -0.39 is 10.0 Å². The third-order valence-electron chi connectivity index (χ3n) is 7.38. The molecule has 1 aromatic carbocycles. The molecule has 1 amide bonds. The van der Waals surface area contributed by atoms with Gasteiger partial charge in [-0.15, -0.1) is 11.3 Å². The van der Waals surface area contributed by atoms with Crippen LogP contribution in [0.2, 0.25) is 0 Å². The largest absolute Gasteiger partial charge is 0.497 e. The third kappa shape index (κ3) is 4.88. The monoisotopic (exact) mass is 503 g/mol. The van der Waals surface area contributed by atoms with Crippen LogP contribution >= 0.6 is 11.3 Å². The van der Waals surface area contributed by atoms with E-state index in [0.29, 0.717) is 49.5 Å². The number of methoxy groups -OCH3 is 1. The lowest BCUT2D eigenvalue weighted by atomic mass is 9.94. The van der Waals surface area contributed by atoms with Gasteiger partial charge in [-0.25, -0.2) is 13.4 Å². The van der Waals surface area contributed by atoms with Crippen LogP contribution in [0.5, 0.6) is 5.75 Å². The Balaban J connectivity index is 1.23. The van der Waals surface area contributed by atoms with Crippen LogP contribution in [0.15, 0.2) is 34.5 Å². The lowest BCUT2D eigenvalue weighted by molar-refractivity contribution is 0.0608. The normalized spacial score (nSPS) is 20.9. The van der Waals surface area contributed by atoms with Crippen LogP contribution in [0.3, 0.4) is 0 Å². The molecule has 1 saturated heterocycles. The molecule has 1 aliphatic heterocycles. The highest BCUT2D eigenvalue weighted by Crippen LogP contribution is 2.37. The molecule has 2 heterocycles. The second-order valence-corrected chi connectivity index (χ2v) is 12.5. The number of rotatable bonds is 7. The average Bonchev–Trinajstić information content (AvgIpc) is 3.58. The highest BCUT2D eigenvalue weighted by Gasteiger charge is 2.39. The van der Waals surface area contributed by atoms with E-state index in [-0.39, 0.29) is 16.7 Å². The van der Waals surface area contributed by atoms with E-state index in [1.807, 2.05) is 5.38 Å². The molecule has 3 fully saturated rings. The Labute approximate surface area is 206 Å². The summed E-state index contributed by atoms with van der Waals surface area (Å²) in [4.78, 5) is 20.6. The van der Waals surface area contributed by atoms with Crippen LogP contribution in [0, 0.1) is 0 Å². The van der Waals surface area contributed by atoms with Crippen LogP contribution in [-0.2, 0) is 10.0 Å². The zero-order chi connectivity index (χ0) is 23.7. The van der Waals surface area contributed by atoms with Crippen molar-refractivity contribution in [1.29, 1.82) is 0 Å². The van der Waals surface area contributed by atoms with Crippen LogP contribution in [0.1, 0.15) is 79.2 Å². The van der Waals surface area contributed by atoms with E-state index >= 15 is 0 Å². The van der Waals surface area contributed by atoms with Crippen molar-refractivity contribution in [2.45, 2.75) is 80.7 Å². The zero-order valence-electron chi connectivity index (χ0n) is 19.7. The molecule has 7 nitrogen and oxygen atoms in total. The van der Waals surface area contributed by atoms with Crippen LogP contribution in [0.4, 0.5) is 0 Å². The third-order valence-corrected chi connectivity index (χ3v) is 10.3. The molecule has 2 aliphatic carbocycles. The number of benzene rings is 1. The number of carbonyl (C=O) groups is 1. The number of nitrogens with zero attached hydrogens (tertiary/aromatic N) is 3. The van der Waals surface area contributed by atoms with E-state index in [9.17, 15) is 13.2 Å². The number of ether oxygens (including phenoxy) is 1. The van der Waals surface area contributed by atoms with Gasteiger partial charge in [0.25, 0.3) is 5.91 Å². The summed E-state index contributed by atoms with van der Waals surface area (Å²) in [6, 6.07) is 7.30. The number of amides is 1. The number of carbonyl (C=O) groups excluding carboxylic acids is 1. The van der Waals surface area contributed by atoms with Crippen molar-refractivity contribution in [2.24, 2.45) is 0 Å². The molecule has 2 saturated carbocycles. The second-order valence-electron chi connectivity index (χ2n) is 9.66. The van der Waals surface area contributed by atoms with Crippen LogP contribution in [0.25, 0.3) is 0 Å². The van der Waals surface area contributed by atoms with Gasteiger partial charge >= 0.3 is 0 Å². The quantitative estimate of drug-likeness (QED) is 0.549. The topological polar surface area (TPSA) is 79.8 Å². The van der Waals surface area contributed by atoms with Gasteiger partial charge in [0.1, 0.15) is 11.4 Å². The summed E-state index contributed by atoms with van der Waals surface area (Å²) in [6.07, 6.45) is 9.57. The van der Waals surface area contributed by atoms with Gasteiger partial charge in [-0.1, -0.05) is 19.3 Å². The summed E-state index contributed by atoms with van der Waals surface area (Å²) in [6.45, 7) is 0.913. The minimum atomic E-state index is -3.53. The molecule has 5 rings (SSSR count). The molecule has 0 unspecified atom stereocenters. The van der Waals surface area contributed by atoms with Gasteiger partial charge in [-0.3, -0.25) is 4.79 Å². The van der Waals surface area contributed by atoms with Gasteiger partial charge in [0.05, 0.1) is 17.0 Å². The van der Waals surface area contributed by atoms with Crippen molar-refractivity contribution in [1.82, 2.24) is 14.2 Å². The fourth-order valence-electron chi connectivity index (χ4n) is 5.29. The van der Waals surface area contributed by atoms with Crippen LogP contribution < -0.4 is 4.74 Å². The molecule has 0 N–H and O–H groups in total. The zero-order valence-corrected chi connectivity index (χ0v) is 21.3. The maximum absolute atomic E-state index is 13.4. The van der Waals surface area contributed by atoms with Crippen molar-refractivity contribution < 1.29 is 17.9 Å². The van der Waals surface area contributed by atoms with Gasteiger partial charge in [0.15, 0.2) is 0 Å². The molecule has 34 heavy (non-hydrogen) atoms. The van der Waals surface area contributed by atoms with Gasteiger partial charge in [0.2, 0.25) is 10.0 Å². The minimum Gasteiger partial charge on any atom is -0.497 e. The first kappa shape index (κ1) is 23.8. The van der Waals surface area contributed by atoms with Gasteiger partial charge in [0, 0.05) is 36.5 Å². The summed E-state index contributed by atoms with van der Waals surface area (Å²) in [5.41, 5.74) is 0.575. The van der Waals surface area contributed by atoms with Crippen LogP contribution in [-0.4, -0.2) is 60.8 Å². The number of thiazole rings is 1. The standard InChI is InChI=1S/C25H33N3O4S2/c1-32-21-9-11-22(12-10-21)34(30,31)27-15-13-18(14-16-27)24-26-23(17-33-24)25(29)28(20-7-8-20)19-5-3-2-4-6-19/h9-12,17-20H,2-8,13-16H2,1H3. The van der Waals surface area contributed by atoms with E-state index in [2.05, 4.69) is 4.90 Å². The Morgan fingerprint density at radius 3 is 2.26 bits per heavy atom. The van der Waals surface area contributed by atoms with Crippen molar-refractivity contribution >= 4 is 27.3 Å². The predicted octanol–water partition coefficient (Wildman–Crippen LogP) is 4.66. The number of hydrogen-bond donors (Lipinski definition) is 0. The van der Waals surface area contributed by atoms with Crippen molar-refractivity contribution in [2.75, 3.05) is 20.2 Å². The van der Waals surface area contributed by atoms with Gasteiger partial charge < -0.3 is 9.64 Å². The smallest absolute Gasteiger partial charge is 0.273 e. The Bertz CT molecular complexity index is 1100. The molecule has 0 bridgehead atoms. The summed E-state index contributed by atoms with van der Waals surface area (Å²) >= 11 is 1.55. The van der Waals surface area contributed by atoms with E-state index in [0.717, 1.165) is 30.7 Å². The first-order valence-corrected chi connectivity index (χ1v) is 14.7. The lowest BCUT2D eigenvalue weighted by Gasteiger charge is -2.34. The number of piperidine rings is 1. The molecular formula is C25H33N3O4S2. The molecule has 9 heteroatoms. The summed E-state index contributed by atoms with van der Waals surface area (Å²) in [5, 5.41) is 2.88. The number of hydrogen-bond acceptors (Lipinski definition) is 6. The van der Waals surface area contributed by atoms with E-state index in [1.165, 1.54) is 19.3 Å². The molecule has 2 aromatic rings. The van der Waals surface area contributed by atoms with E-state index in [1.54, 1.807) is 47.0 Å². The predicted molar refractivity (Wildman–Crippen MR) is 132 cm³/mol. The van der Waals surface area contributed by atoms with Crippen molar-refractivity contribution in [3.63, 3.8) is 0 Å². The highest BCUT2D eigenvalue weighted by atomic mass is 32.2. The van der Waals surface area contributed by atoms with E-state index in [4.69, 9.17) is 9.72 Å². The summed E-state index contributed by atoms with van der Waals surface area (Å²) < 4.78 is 32.8. The molecule has 184 valence electrons. The summed E-state index contributed by atoms with van der Waals surface area (Å²) in [7, 11) is -1.97. The fraction of sp³-hybridized carbons (Fsp3) is 0.600. The Morgan fingerprint density at radius 2 is 1.65 bits per heavy atom. The fourth-order valence-corrected chi connectivity index (χ4v) is 7.72. The molecule has 3 aliphatic rings. The first-order chi connectivity index (χ1) is 16.5. The number of aromatic nitrogens is 1. The van der Waals surface area contributed by atoms with Gasteiger partial charge in [-0.05, 0) is 62.8 Å². The number of sulfonamides is 1. The summed E-state index contributed by atoms with van der Waals surface area (Å²) in [5.74, 6) is 0.921. The maximum Gasteiger partial charge on any atom is 0.273 e. The molecule has 0 atom stereocenters. The Hall–Kier alpha value is -1.97. The maximum atomic E-state index is 13.4. The van der Waals surface area contributed by atoms with Crippen molar-refractivity contribution in [3.05, 3.63) is 40.3 Å².